The smallest absolute Gasteiger partial charge is 0.320 e. The average molecular weight is 355 g/mol. The minimum absolute atomic E-state index is 0.299. The highest BCUT2D eigenvalue weighted by molar-refractivity contribution is 6.30. The van der Waals surface area contributed by atoms with Crippen molar-refractivity contribution in [2.75, 3.05) is 5.32 Å². The van der Waals surface area contributed by atoms with Crippen LogP contribution in [0.3, 0.4) is 0 Å². The van der Waals surface area contributed by atoms with Gasteiger partial charge in [0.15, 0.2) is 0 Å². The highest BCUT2D eigenvalue weighted by Gasteiger charge is 2.20. The molecule has 2 N–H and O–H groups in total. The van der Waals surface area contributed by atoms with Crippen LogP contribution in [0.25, 0.3) is 0 Å². The van der Waals surface area contributed by atoms with Gasteiger partial charge in [0, 0.05) is 30.2 Å². The van der Waals surface area contributed by atoms with Gasteiger partial charge < -0.3 is 15.2 Å². The molecule has 0 bridgehead atoms. The summed E-state index contributed by atoms with van der Waals surface area (Å²) in [6.07, 6.45) is 3.55. The Hall–Kier alpha value is -2.79. The van der Waals surface area contributed by atoms with Crippen molar-refractivity contribution in [2.24, 2.45) is 7.05 Å². The lowest BCUT2D eigenvalue weighted by Gasteiger charge is -2.19. The molecule has 0 radical (unpaired) electrons. The second-order valence-corrected chi connectivity index (χ2v) is 6.28. The Morgan fingerprint density at radius 1 is 1.12 bits per heavy atom. The van der Waals surface area contributed by atoms with Gasteiger partial charge in [-0.25, -0.2) is 9.78 Å². The van der Waals surface area contributed by atoms with Crippen molar-refractivity contribution < 1.29 is 4.79 Å². The first-order valence-electron chi connectivity index (χ1n) is 7.90. The molecule has 1 atom stereocenters. The maximum absolute atomic E-state index is 12.5. The zero-order chi connectivity index (χ0) is 17.8. The van der Waals surface area contributed by atoms with Crippen LogP contribution in [-0.2, 0) is 7.05 Å². The van der Waals surface area contributed by atoms with Gasteiger partial charge >= 0.3 is 6.03 Å². The van der Waals surface area contributed by atoms with Crippen molar-refractivity contribution in [1.82, 2.24) is 14.9 Å². The zero-order valence-corrected chi connectivity index (χ0v) is 14.8. The van der Waals surface area contributed by atoms with Crippen molar-refractivity contribution >= 4 is 23.3 Å². The largest absolute Gasteiger partial charge is 0.336 e. The van der Waals surface area contributed by atoms with Crippen molar-refractivity contribution in [3.8, 4) is 0 Å². The van der Waals surface area contributed by atoms with Crippen LogP contribution < -0.4 is 10.6 Å². The fourth-order valence-electron chi connectivity index (χ4n) is 2.54. The van der Waals surface area contributed by atoms with Crippen LogP contribution in [0.5, 0.6) is 0 Å². The van der Waals surface area contributed by atoms with Crippen molar-refractivity contribution in [3.05, 3.63) is 82.9 Å². The highest BCUT2D eigenvalue weighted by Crippen LogP contribution is 2.22. The molecule has 0 saturated carbocycles. The van der Waals surface area contributed by atoms with Crippen LogP contribution in [-0.4, -0.2) is 15.6 Å². The summed E-state index contributed by atoms with van der Waals surface area (Å²) in [5.41, 5.74) is 2.77. The van der Waals surface area contributed by atoms with Crippen molar-refractivity contribution in [2.45, 2.75) is 13.0 Å². The van der Waals surface area contributed by atoms with Crippen LogP contribution in [0.4, 0.5) is 10.5 Å². The lowest BCUT2D eigenvalue weighted by Crippen LogP contribution is -2.34. The molecule has 2 amide bonds. The second-order valence-electron chi connectivity index (χ2n) is 5.85. The predicted octanol–water partition coefficient (Wildman–Crippen LogP) is 4.29. The number of aryl methyl sites for hydroxylation is 2. The number of nitrogens with zero attached hydrogens (tertiary/aromatic N) is 2. The molecular weight excluding hydrogens is 336 g/mol. The van der Waals surface area contributed by atoms with Gasteiger partial charge in [-0.1, -0.05) is 41.4 Å². The number of benzene rings is 2. The molecule has 0 saturated heterocycles. The third-order valence-corrected chi connectivity index (χ3v) is 4.16. The van der Waals surface area contributed by atoms with E-state index < -0.39 is 0 Å². The van der Waals surface area contributed by atoms with Gasteiger partial charge in [-0.3, -0.25) is 0 Å². The molecule has 0 spiro atoms. The molecule has 25 heavy (non-hydrogen) atoms. The zero-order valence-electron chi connectivity index (χ0n) is 14.0. The maximum Gasteiger partial charge on any atom is 0.320 e. The van der Waals surface area contributed by atoms with Gasteiger partial charge in [-0.15, -0.1) is 0 Å². The number of urea groups is 1. The van der Waals surface area contributed by atoms with Gasteiger partial charge in [0.2, 0.25) is 0 Å². The number of carbonyl (C=O) groups is 1. The Morgan fingerprint density at radius 2 is 1.80 bits per heavy atom. The molecule has 0 fully saturated rings. The van der Waals surface area contributed by atoms with E-state index in [-0.39, 0.29) is 12.1 Å². The minimum atomic E-state index is -0.386. The molecule has 0 aliphatic heterocycles. The average Bonchev–Trinajstić information content (AvgIpc) is 3.01. The first-order chi connectivity index (χ1) is 12.0. The number of amides is 2. The summed E-state index contributed by atoms with van der Waals surface area (Å²) in [5, 5.41) is 6.48. The molecule has 2 aromatic carbocycles. The molecule has 3 aromatic rings. The first-order valence-corrected chi connectivity index (χ1v) is 8.27. The Bertz CT molecular complexity index is 856. The van der Waals surface area contributed by atoms with E-state index >= 15 is 0 Å². The SMILES string of the molecule is Cc1ccc(NC(=O)NC(c2ccc(Cl)cc2)c2nccn2C)cc1. The molecule has 3 rings (SSSR count). The molecular formula is C19H19ClN4O. The van der Waals surface area contributed by atoms with E-state index in [0.717, 1.165) is 22.6 Å². The topological polar surface area (TPSA) is 59.0 Å². The number of aromatic nitrogens is 2. The summed E-state index contributed by atoms with van der Waals surface area (Å²) < 4.78 is 1.88. The molecule has 5 nitrogen and oxygen atoms in total. The first kappa shape index (κ1) is 17.0. The lowest BCUT2D eigenvalue weighted by molar-refractivity contribution is 0.249. The van der Waals surface area contributed by atoms with Crippen LogP contribution in [0.1, 0.15) is 23.0 Å². The molecule has 1 heterocycles. The molecule has 0 aliphatic carbocycles. The summed E-state index contributed by atoms with van der Waals surface area (Å²) in [5.74, 6) is 0.737. The molecule has 128 valence electrons. The predicted molar refractivity (Wildman–Crippen MR) is 99.8 cm³/mol. The van der Waals surface area contributed by atoms with Crippen molar-refractivity contribution in [1.29, 1.82) is 0 Å². The standard InChI is InChI=1S/C19H19ClN4O/c1-13-3-9-16(10-4-13)22-19(25)23-17(18-21-11-12-24(18)2)14-5-7-15(20)8-6-14/h3-12,17H,1-2H3,(H2,22,23,25). The number of halogens is 1. The van der Waals surface area contributed by atoms with Gasteiger partial charge in [-0.2, -0.15) is 0 Å². The Kier molecular flexibility index (Phi) is 5.05. The van der Waals surface area contributed by atoms with E-state index in [0.29, 0.717) is 5.02 Å². The molecule has 6 heteroatoms. The van der Waals surface area contributed by atoms with E-state index in [1.165, 1.54) is 0 Å². The van der Waals surface area contributed by atoms with E-state index in [9.17, 15) is 4.79 Å². The summed E-state index contributed by atoms with van der Waals surface area (Å²) in [6, 6.07) is 14.3. The molecule has 1 unspecified atom stereocenters. The Morgan fingerprint density at radius 3 is 2.40 bits per heavy atom. The number of imidazole rings is 1. The van der Waals surface area contributed by atoms with Crippen LogP contribution in [0, 0.1) is 6.92 Å². The third kappa shape index (κ3) is 4.19. The summed E-state index contributed by atoms with van der Waals surface area (Å²) in [7, 11) is 1.89. The summed E-state index contributed by atoms with van der Waals surface area (Å²) >= 11 is 5.98. The number of anilines is 1. The second kappa shape index (κ2) is 7.40. The summed E-state index contributed by atoms with van der Waals surface area (Å²) in [4.78, 5) is 16.8. The van der Waals surface area contributed by atoms with Gasteiger partial charge in [-0.05, 0) is 36.8 Å². The van der Waals surface area contributed by atoms with E-state index in [1.807, 2.05) is 61.1 Å². The van der Waals surface area contributed by atoms with Crippen LogP contribution in [0.15, 0.2) is 60.9 Å². The lowest BCUT2D eigenvalue weighted by atomic mass is 10.1. The highest BCUT2D eigenvalue weighted by atomic mass is 35.5. The molecule has 0 aliphatic rings. The summed E-state index contributed by atoms with van der Waals surface area (Å²) in [6.45, 7) is 2.00. The van der Waals surface area contributed by atoms with E-state index in [4.69, 9.17) is 11.6 Å². The fourth-order valence-corrected chi connectivity index (χ4v) is 2.67. The third-order valence-electron chi connectivity index (χ3n) is 3.90. The number of hydrogen-bond donors (Lipinski definition) is 2. The maximum atomic E-state index is 12.5. The van der Waals surface area contributed by atoms with Crippen molar-refractivity contribution in [3.63, 3.8) is 0 Å². The van der Waals surface area contributed by atoms with Gasteiger partial charge in [0.1, 0.15) is 11.9 Å². The normalized spacial score (nSPS) is 11.8. The Balaban J connectivity index is 1.82. The van der Waals surface area contributed by atoms with Crippen LogP contribution in [0.2, 0.25) is 5.02 Å². The van der Waals surface area contributed by atoms with Gasteiger partial charge in [0.25, 0.3) is 0 Å². The van der Waals surface area contributed by atoms with Crippen LogP contribution >= 0.6 is 11.6 Å². The fraction of sp³-hybridized carbons (Fsp3) is 0.158. The molecule has 1 aromatic heterocycles. The Labute approximate surface area is 151 Å². The van der Waals surface area contributed by atoms with E-state index in [2.05, 4.69) is 15.6 Å². The quantitative estimate of drug-likeness (QED) is 0.734. The number of carbonyl (C=O) groups excluding carboxylic acids is 1. The van der Waals surface area contributed by atoms with Gasteiger partial charge in [0.05, 0.1) is 0 Å². The number of hydrogen-bond acceptors (Lipinski definition) is 2. The van der Waals surface area contributed by atoms with E-state index in [1.54, 1.807) is 18.3 Å². The number of rotatable bonds is 4. The monoisotopic (exact) mass is 354 g/mol. The minimum Gasteiger partial charge on any atom is -0.336 e. The number of nitrogens with one attached hydrogen (secondary N) is 2.